The van der Waals surface area contributed by atoms with Gasteiger partial charge in [-0.2, -0.15) is 0 Å². The summed E-state index contributed by atoms with van der Waals surface area (Å²) in [5.74, 6) is -0.110. The van der Waals surface area contributed by atoms with Gasteiger partial charge in [0.05, 0.1) is 0 Å². The number of primary amides is 1. The first-order valence-corrected chi connectivity index (χ1v) is 6.05. The molecule has 19 heavy (non-hydrogen) atoms. The summed E-state index contributed by atoms with van der Waals surface area (Å²) >= 11 is 0. The molecule has 0 aliphatic carbocycles. The number of hydrogen-bond donors (Lipinski definition) is 3. The minimum Gasteiger partial charge on any atom is -0.366 e. The highest BCUT2D eigenvalue weighted by molar-refractivity contribution is 5.96. The number of nitrogens with two attached hydrogens (primary N) is 1. The number of carbonyl (C=O) groups is 2. The van der Waals surface area contributed by atoms with Crippen molar-refractivity contribution in [3.8, 4) is 0 Å². The first-order chi connectivity index (χ1) is 8.65. The highest BCUT2D eigenvalue weighted by Crippen LogP contribution is 2.15. The van der Waals surface area contributed by atoms with Gasteiger partial charge in [0, 0.05) is 17.7 Å². The fourth-order valence-electron chi connectivity index (χ4n) is 2.11. The summed E-state index contributed by atoms with van der Waals surface area (Å²) in [6, 6.07) is 6.66. The van der Waals surface area contributed by atoms with Crippen LogP contribution in [0.15, 0.2) is 24.3 Å². The monoisotopic (exact) mass is 283 g/mol. The third-order valence-electron chi connectivity index (χ3n) is 3.07. The lowest BCUT2D eigenvalue weighted by Gasteiger charge is -2.09. The average molecular weight is 284 g/mol. The lowest BCUT2D eigenvalue weighted by molar-refractivity contribution is -0.116. The second kappa shape index (κ2) is 7.11. The second-order valence-corrected chi connectivity index (χ2v) is 4.56. The van der Waals surface area contributed by atoms with Gasteiger partial charge in [0.2, 0.25) is 11.8 Å². The fraction of sp³-hybridized carbons (Fsp3) is 0.385. The van der Waals surface area contributed by atoms with E-state index in [1.165, 1.54) is 0 Å². The van der Waals surface area contributed by atoms with Crippen molar-refractivity contribution in [2.75, 3.05) is 18.4 Å². The number of halogens is 1. The van der Waals surface area contributed by atoms with Crippen LogP contribution in [0, 0.1) is 5.92 Å². The molecule has 1 atom stereocenters. The maximum atomic E-state index is 11.8. The Hall–Kier alpha value is -1.59. The van der Waals surface area contributed by atoms with Gasteiger partial charge in [0.25, 0.3) is 0 Å². The number of benzene rings is 1. The molecule has 1 unspecified atom stereocenters. The molecule has 0 saturated carbocycles. The lowest BCUT2D eigenvalue weighted by Crippen LogP contribution is -2.18. The van der Waals surface area contributed by atoms with Crippen LogP contribution in [0.5, 0.6) is 0 Å². The van der Waals surface area contributed by atoms with Crippen molar-refractivity contribution >= 4 is 29.9 Å². The normalized spacial score (nSPS) is 17.6. The van der Waals surface area contributed by atoms with E-state index in [2.05, 4.69) is 10.6 Å². The Morgan fingerprint density at radius 1 is 1.42 bits per heavy atom. The summed E-state index contributed by atoms with van der Waals surface area (Å²) in [5.41, 5.74) is 6.20. The quantitative estimate of drug-likeness (QED) is 0.775. The Bertz CT molecular complexity index is 459. The van der Waals surface area contributed by atoms with Crippen LogP contribution in [-0.4, -0.2) is 24.9 Å². The van der Waals surface area contributed by atoms with Crippen LogP contribution < -0.4 is 16.4 Å². The van der Waals surface area contributed by atoms with Gasteiger partial charge in [-0.05, 0) is 43.6 Å². The van der Waals surface area contributed by atoms with Gasteiger partial charge < -0.3 is 16.4 Å². The smallest absolute Gasteiger partial charge is 0.248 e. The van der Waals surface area contributed by atoms with E-state index in [9.17, 15) is 9.59 Å². The zero-order chi connectivity index (χ0) is 13.0. The van der Waals surface area contributed by atoms with E-state index in [0.29, 0.717) is 23.6 Å². The highest BCUT2D eigenvalue weighted by atomic mass is 35.5. The maximum Gasteiger partial charge on any atom is 0.248 e. The van der Waals surface area contributed by atoms with Gasteiger partial charge in [0.15, 0.2) is 0 Å². The second-order valence-electron chi connectivity index (χ2n) is 4.56. The molecule has 0 aromatic heterocycles. The fourth-order valence-corrected chi connectivity index (χ4v) is 2.11. The molecule has 0 spiro atoms. The Labute approximate surface area is 118 Å². The van der Waals surface area contributed by atoms with Gasteiger partial charge >= 0.3 is 0 Å². The SMILES string of the molecule is Cl.NC(=O)c1cccc(NC(=O)CC2CCNC2)c1. The molecule has 6 heteroatoms. The third-order valence-corrected chi connectivity index (χ3v) is 3.07. The van der Waals surface area contributed by atoms with Gasteiger partial charge in [-0.1, -0.05) is 6.07 Å². The van der Waals surface area contributed by atoms with Crippen molar-refractivity contribution < 1.29 is 9.59 Å². The molecular formula is C13H18ClN3O2. The largest absolute Gasteiger partial charge is 0.366 e. The number of amides is 2. The van der Waals surface area contributed by atoms with Crippen LogP contribution in [0.3, 0.4) is 0 Å². The molecule has 5 nitrogen and oxygen atoms in total. The number of hydrogen-bond acceptors (Lipinski definition) is 3. The first-order valence-electron chi connectivity index (χ1n) is 6.05. The van der Waals surface area contributed by atoms with Crippen LogP contribution in [0.1, 0.15) is 23.2 Å². The highest BCUT2D eigenvalue weighted by Gasteiger charge is 2.18. The summed E-state index contributed by atoms with van der Waals surface area (Å²) in [5, 5.41) is 6.01. The number of rotatable bonds is 4. The minimum absolute atomic E-state index is 0. The summed E-state index contributed by atoms with van der Waals surface area (Å²) in [6.45, 7) is 1.88. The van der Waals surface area contributed by atoms with Crippen LogP contribution in [0.4, 0.5) is 5.69 Å². The third kappa shape index (κ3) is 4.54. The zero-order valence-electron chi connectivity index (χ0n) is 10.5. The van der Waals surface area contributed by atoms with E-state index >= 15 is 0 Å². The topological polar surface area (TPSA) is 84.2 Å². The molecule has 1 aliphatic heterocycles. The van der Waals surface area contributed by atoms with Crippen LogP contribution in [0.2, 0.25) is 0 Å². The maximum absolute atomic E-state index is 11.8. The standard InChI is InChI=1S/C13H17N3O2.ClH/c14-13(18)10-2-1-3-11(7-10)16-12(17)6-9-4-5-15-8-9;/h1-3,7,9,15H,4-6,8H2,(H2,14,18)(H,16,17);1H. The molecule has 1 saturated heterocycles. The van der Waals surface area contributed by atoms with Crippen molar-refractivity contribution in [2.24, 2.45) is 11.7 Å². The Morgan fingerprint density at radius 3 is 2.84 bits per heavy atom. The number of nitrogens with one attached hydrogen (secondary N) is 2. The molecule has 1 aliphatic rings. The molecule has 1 aromatic rings. The number of anilines is 1. The van der Waals surface area contributed by atoms with E-state index in [0.717, 1.165) is 19.5 Å². The van der Waals surface area contributed by atoms with E-state index in [-0.39, 0.29) is 18.3 Å². The predicted octanol–water partition coefficient (Wildman–Crippen LogP) is 1.15. The molecule has 2 rings (SSSR count). The predicted molar refractivity (Wildman–Crippen MR) is 76.4 cm³/mol. The zero-order valence-corrected chi connectivity index (χ0v) is 11.3. The summed E-state index contributed by atoms with van der Waals surface area (Å²) < 4.78 is 0. The van der Waals surface area contributed by atoms with E-state index in [1.54, 1.807) is 24.3 Å². The molecule has 0 radical (unpaired) electrons. The van der Waals surface area contributed by atoms with E-state index in [1.807, 2.05) is 0 Å². The molecular weight excluding hydrogens is 266 g/mol. The molecule has 1 aromatic carbocycles. The van der Waals surface area contributed by atoms with Crippen molar-refractivity contribution in [2.45, 2.75) is 12.8 Å². The van der Waals surface area contributed by atoms with E-state index < -0.39 is 5.91 Å². The molecule has 0 bridgehead atoms. The van der Waals surface area contributed by atoms with Gasteiger partial charge in [-0.3, -0.25) is 9.59 Å². The van der Waals surface area contributed by atoms with Crippen LogP contribution in [-0.2, 0) is 4.79 Å². The Morgan fingerprint density at radius 2 is 2.21 bits per heavy atom. The van der Waals surface area contributed by atoms with Crippen molar-refractivity contribution in [3.05, 3.63) is 29.8 Å². The van der Waals surface area contributed by atoms with Gasteiger partial charge in [-0.25, -0.2) is 0 Å². The van der Waals surface area contributed by atoms with Crippen molar-refractivity contribution in [1.29, 1.82) is 0 Å². The van der Waals surface area contributed by atoms with Crippen molar-refractivity contribution in [1.82, 2.24) is 5.32 Å². The summed E-state index contributed by atoms with van der Waals surface area (Å²) in [7, 11) is 0. The Kier molecular flexibility index (Phi) is 5.79. The molecule has 104 valence electrons. The molecule has 4 N–H and O–H groups in total. The van der Waals surface area contributed by atoms with Crippen molar-refractivity contribution in [3.63, 3.8) is 0 Å². The van der Waals surface area contributed by atoms with Crippen LogP contribution in [0.25, 0.3) is 0 Å². The van der Waals surface area contributed by atoms with Crippen LogP contribution >= 0.6 is 12.4 Å². The summed E-state index contributed by atoms with van der Waals surface area (Å²) in [4.78, 5) is 22.8. The molecule has 2 amide bonds. The molecule has 1 heterocycles. The first kappa shape index (κ1) is 15.5. The Balaban J connectivity index is 0.00000180. The van der Waals surface area contributed by atoms with Gasteiger partial charge in [-0.15, -0.1) is 12.4 Å². The number of carbonyl (C=O) groups excluding carboxylic acids is 2. The lowest BCUT2D eigenvalue weighted by atomic mass is 10.0. The summed E-state index contributed by atoms with van der Waals surface area (Å²) in [6.07, 6.45) is 1.54. The van der Waals surface area contributed by atoms with Gasteiger partial charge in [0.1, 0.15) is 0 Å². The molecule has 1 fully saturated rings. The minimum atomic E-state index is -0.494. The van der Waals surface area contributed by atoms with E-state index in [4.69, 9.17) is 5.73 Å². The average Bonchev–Trinajstić information content (AvgIpc) is 2.82.